The lowest BCUT2D eigenvalue weighted by molar-refractivity contribution is -0.138. The second-order valence-electron chi connectivity index (χ2n) is 4.95. The fraction of sp³-hybridized carbons (Fsp3) is 0.538. The minimum Gasteiger partial charge on any atom is -0.480 e. The Kier molecular flexibility index (Phi) is 11.4. The molecule has 0 aromatic rings. The van der Waals surface area contributed by atoms with Crippen LogP contribution in [0.4, 0.5) is 0 Å². The number of hydrogen-bond acceptors (Lipinski definition) is 8. The number of aliphatic hydroxyl groups excluding tert-OH is 1. The predicted octanol–water partition coefficient (Wildman–Crippen LogP) is -6.03. The lowest BCUT2D eigenvalue weighted by Crippen LogP contribution is -2.53. The van der Waals surface area contributed by atoms with Crippen molar-refractivity contribution in [3.8, 4) is 0 Å². The second-order valence-corrected chi connectivity index (χ2v) is 4.95. The van der Waals surface area contributed by atoms with Crippen molar-refractivity contribution in [1.29, 1.82) is 0 Å². The summed E-state index contributed by atoms with van der Waals surface area (Å²) >= 11 is 0. The smallest absolute Gasteiger partial charge is 0.322 e. The molecule has 0 spiro atoms. The maximum atomic E-state index is 11.8. The van der Waals surface area contributed by atoms with E-state index in [0.29, 0.717) is 0 Å². The van der Waals surface area contributed by atoms with Crippen molar-refractivity contribution in [2.24, 2.45) is 5.73 Å². The van der Waals surface area contributed by atoms with Gasteiger partial charge >= 0.3 is 5.97 Å². The normalized spacial score (nSPS) is 10.9. The lowest BCUT2D eigenvalue weighted by atomic mass is 10.3. The highest BCUT2D eigenvalue weighted by Gasteiger charge is 2.20. The van der Waals surface area contributed by atoms with Crippen molar-refractivity contribution in [1.82, 2.24) is 26.6 Å². The molecule has 0 aliphatic carbocycles. The first-order chi connectivity index (χ1) is 12.7. The summed E-state index contributed by atoms with van der Waals surface area (Å²) in [6, 6.07) is -1.39. The van der Waals surface area contributed by atoms with Crippen molar-refractivity contribution in [3.63, 3.8) is 0 Å². The number of aliphatic carboxylic acids is 1. The third-order valence-corrected chi connectivity index (χ3v) is 2.77. The zero-order valence-electron chi connectivity index (χ0n) is 14.2. The van der Waals surface area contributed by atoms with Crippen molar-refractivity contribution < 1.29 is 39.0 Å². The van der Waals surface area contributed by atoms with Gasteiger partial charge in [-0.1, -0.05) is 0 Å². The Hall–Kier alpha value is -3.26. The van der Waals surface area contributed by atoms with E-state index in [-0.39, 0.29) is 6.54 Å². The number of hydrogen-bond donors (Lipinski definition) is 8. The molecular formula is C13H22N6O8. The molecule has 0 aromatic carbocycles. The van der Waals surface area contributed by atoms with Crippen LogP contribution in [0, 0.1) is 0 Å². The Labute approximate surface area is 153 Å². The van der Waals surface area contributed by atoms with Gasteiger partial charge in [-0.25, -0.2) is 0 Å². The van der Waals surface area contributed by atoms with Crippen LogP contribution in [0.25, 0.3) is 0 Å². The van der Waals surface area contributed by atoms with Gasteiger partial charge in [-0.15, -0.1) is 0 Å². The van der Waals surface area contributed by atoms with Gasteiger partial charge in [0, 0.05) is 0 Å². The molecule has 0 aromatic heterocycles. The molecule has 0 aliphatic rings. The van der Waals surface area contributed by atoms with E-state index in [1.165, 1.54) is 0 Å². The summed E-state index contributed by atoms with van der Waals surface area (Å²) in [6.45, 7) is -3.18. The van der Waals surface area contributed by atoms with E-state index < -0.39 is 74.3 Å². The third-order valence-electron chi connectivity index (χ3n) is 2.77. The van der Waals surface area contributed by atoms with Crippen LogP contribution in [0.1, 0.15) is 0 Å². The van der Waals surface area contributed by atoms with Crippen molar-refractivity contribution in [2.75, 3.05) is 39.3 Å². The number of rotatable bonds is 12. The van der Waals surface area contributed by atoms with E-state index in [9.17, 15) is 28.8 Å². The number of carboxylic acids is 1. The summed E-state index contributed by atoms with van der Waals surface area (Å²) in [6.07, 6.45) is 0. The van der Waals surface area contributed by atoms with E-state index in [1.54, 1.807) is 0 Å². The number of nitrogens with one attached hydrogen (secondary N) is 5. The van der Waals surface area contributed by atoms with Crippen LogP contribution in [0.2, 0.25) is 0 Å². The Morgan fingerprint density at radius 1 is 0.741 bits per heavy atom. The topological polar surface area (TPSA) is 229 Å². The van der Waals surface area contributed by atoms with Gasteiger partial charge in [0.25, 0.3) is 0 Å². The fourth-order valence-corrected chi connectivity index (χ4v) is 1.46. The molecule has 0 radical (unpaired) electrons. The fourth-order valence-electron chi connectivity index (χ4n) is 1.46. The number of amides is 5. The largest absolute Gasteiger partial charge is 0.480 e. The lowest BCUT2D eigenvalue weighted by Gasteiger charge is -2.16. The Balaban J connectivity index is 4.21. The minimum atomic E-state index is -1.39. The molecule has 14 nitrogen and oxygen atoms in total. The quantitative estimate of drug-likeness (QED) is 0.158. The van der Waals surface area contributed by atoms with Crippen molar-refractivity contribution >= 4 is 35.5 Å². The molecule has 27 heavy (non-hydrogen) atoms. The van der Waals surface area contributed by atoms with Crippen LogP contribution in [-0.4, -0.2) is 91.1 Å². The molecule has 0 bridgehead atoms. The molecule has 5 amide bonds. The zero-order valence-corrected chi connectivity index (χ0v) is 14.2. The van der Waals surface area contributed by atoms with Gasteiger partial charge in [0.2, 0.25) is 29.5 Å². The molecular weight excluding hydrogens is 368 g/mol. The molecule has 0 heterocycles. The summed E-state index contributed by atoms with van der Waals surface area (Å²) in [4.78, 5) is 67.2. The van der Waals surface area contributed by atoms with Gasteiger partial charge in [0.05, 0.1) is 32.8 Å². The van der Waals surface area contributed by atoms with E-state index in [2.05, 4.69) is 21.3 Å². The van der Waals surface area contributed by atoms with Crippen molar-refractivity contribution in [2.45, 2.75) is 6.04 Å². The van der Waals surface area contributed by atoms with E-state index in [0.717, 1.165) is 0 Å². The number of aliphatic hydroxyl groups is 1. The van der Waals surface area contributed by atoms with Crippen LogP contribution in [0.15, 0.2) is 0 Å². The van der Waals surface area contributed by atoms with Gasteiger partial charge < -0.3 is 42.5 Å². The Morgan fingerprint density at radius 2 is 1.22 bits per heavy atom. The Bertz CT molecular complexity index is 581. The standard InChI is InChI=1S/C13H22N6O8/c14-1-8(21)15-2-9(22)16-4-11(24)19-7(6-20)13(27)18-3-10(23)17-5-12(25)26/h7,20H,1-6,14H2,(H,15,21)(H,16,22)(H,17,23)(H,18,27)(H,19,24)(H,25,26). The maximum Gasteiger partial charge on any atom is 0.322 e. The van der Waals surface area contributed by atoms with Crippen LogP contribution >= 0.6 is 0 Å². The third kappa shape index (κ3) is 11.8. The molecule has 0 rings (SSSR count). The first-order valence-electron chi connectivity index (χ1n) is 7.59. The molecule has 1 atom stereocenters. The highest BCUT2D eigenvalue weighted by Crippen LogP contribution is 1.84. The number of carbonyl (C=O) groups excluding carboxylic acids is 5. The van der Waals surface area contributed by atoms with Crippen LogP contribution in [-0.2, 0) is 28.8 Å². The van der Waals surface area contributed by atoms with Crippen LogP contribution < -0.4 is 32.3 Å². The maximum absolute atomic E-state index is 11.8. The van der Waals surface area contributed by atoms with E-state index >= 15 is 0 Å². The first kappa shape index (κ1) is 23.7. The monoisotopic (exact) mass is 390 g/mol. The van der Waals surface area contributed by atoms with E-state index in [4.69, 9.17) is 15.9 Å². The molecule has 0 saturated carbocycles. The predicted molar refractivity (Wildman–Crippen MR) is 87.7 cm³/mol. The number of nitrogens with two attached hydrogens (primary N) is 1. The van der Waals surface area contributed by atoms with Gasteiger partial charge in [-0.3, -0.25) is 28.8 Å². The molecule has 0 saturated heterocycles. The molecule has 14 heteroatoms. The van der Waals surface area contributed by atoms with Gasteiger partial charge in [0.1, 0.15) is 12.6 Å². The van der Waals surface area contributed by atoms with Crippen molar-refractivity contribution in [3.05, 3.63) is 0 Å². The highest BCUT2D eigenvalue weighted by atomic mass is 16.4. The number of carboxylic acid groups (broad SMARTS) is 1. The summed E-state index contributed by atoms with van der Waals surface area (Å²) in [7, 11) is 0. The highest BCUT2D eigenvalue weighted by molar-refractivity contribution is 5.93. The molecule has 1 unspecified atom stereocenters. The second kappa shape index (κ2) is 13.0. The molecule has 9 N–H and O–H groups in total. The van der Waals surface area contributed by atoms with E-state index in [1.807, 2.05) is 5.32 Å². The summed E-state index contributed by atoms with van der Waals surface area (Å²) in [5.74, 6) is -4.97. The average Bonchev–Trinajstić information content (AvgIpc) is 2.64. The SMILES string of the molecule is NCC(=O)NCC(=O)NCC(=O)NC(CO)C(=O)NCC(=O)NCC(=O)O. The summed E-state index contributed by atoms with van der Waals surface area (Å²) < 4.78 is 0. The summed E-state index contributed by atoms with van der Waals surface area (Å²) in [5, 5.41) is 28.1. The minimum absolute atomic E-state index is 0.296. The zero-order chi connectivity index (χ0) is 20.8. The van der Waals surface area contributed by atoms with Crippen LogP contribution in [0.5, 0.6) is 0 Å². The number of carbonyl (C=O) groups is 6. The van der Waals surface area contributed by atoms with Gasteiger partial charge in [-0.05, 0) is 0 Å². The van der Waals surface area contributed by atoms with Gasteiger partial charge in [0.15, 0.2) is 0 Å². The van der Waals surface area contributed by atoms with Crippen LogP contribution in [0.3, 0.4) is 0 Å². The average molecular weight is 390 g/mol. The Morgan fingerprint density at radius 3 is 1.74 bits per heavy atom. The molecule has 0 fully saturated rings. The summed E-state index contributed by atoms with van der Waals surface area (Å²) in [5.41, 5.74) is 5.03. The molecule has 152 valence electrons. The molecule has 0 aliphatic heterocycles. The first-order valence-corrected chi connectivity index (χ1v) is 7.59. The van der Waals surface area contributed by atoms with Gasteiger partial charge in [-0.2, -0.15) is 0 Å².